The van der Waals surface area contributed by atoms with Crippen LogP contribution in [0.4, 0.5) is 5.95 Å². The van der Waals surface area contributed by atoms with Gasteiger partial charge in [-0.25, -0.2) is 0 Å². The number of carbonyl (C=O) groups excluding carboxylic acids is 1. The first kappa shape index (κ1) is 15.6. The second-order valence-electron chi connectivity index (χ2n) is 6.20. The fraction of sp³-hybridized carbons (Fsp3) is 0.412. The maximum atomic E-state index is 12.4. The van der Waals surface area contributed by atoms with Crippen molar-refractivity contribution in [2.24, 2.45) is 0 Å². The average molecular weight is 339 g/mol. The van der Waals surface area contributed by atoms with E-state index >= 15 is 0 Å². The minimum absolute atomic E-state index is 0.0503. The first-order valence-corrected chi connectivity index (χ1v) is 8.63. The number of carbonyl (C=O) groups is 1. The number of anilines is 1. The molecule has 130 valence electrons. The smallest absolute Gasteiger partial charge is 0.269 e. The van der Waals surface area contributed by atoms with Crippen molar-refractivity contribution in [1.29, 1.82) is 0 Å². The van der Waals surface area contributed by atoms with E-state index in [9.17, 15) is 4.79 Å². The number of nitrogens with zero attached hydrogens (tertiary/aromatic N) is 6. The number of fused-ring (bicyclic) bond motifs is 1. The van der Waals surface area contributed by atoms with Crippen LogP contribution in [0.1, 0.15) is 30.3 Å². The number of hydrogen-bond donors (Lipinski definition) is 1. The molecule has 0 radical (unpaired) electrons. The second kappa shape index (κ2) is 6.54. The molecule has 0 aliphatic carbocycles. The van der Waals surface area contributed by atoms with E-state index in [0.29, 0.717) is 12.2 Å². The fourth-order valence-corrected chi connectivity index (χ4v) is 3.31. The number of rotatable bonds is 4. The van der Waals surface area contributed by atoms with Gasteiger partial charge in [-0.3, -0.25) is 13.9 Å². The summed E-state index contributed by atoms with van der Waals surface area (Å²) < 4.78 is 3.71. The van der Waals surface area contributed by atoms with Gasteiger partial charge in [0, 0.05) is 38.1 Å². The molecular formula is C17H21N7O. The molecule has 0 saturated carbocycles. The van der Waals surface area contributed by atoms with Gasteiger partial charge in [0.2, 0.25) is 5.95 Å². The number of aryl methyl sites for hydroxylation is 1. The Hall–Kier alpha value is -2.90. The van der Waals surface area contributed by atoms with E-state index in [1.807, 2.05) is 35.7 Å². The van der Waals surface area contributed by atoms with E-state index in [0.717, 1.165) is 37.5 Å². The number of amides is 1. The predicted octanol–water partition coefficient (Wildman–Crippen LogP) is 1.34. The van der Waals surface area contributed by atoms with Crippen molar-refractivity contribution in [3.63, 3.8) is 0 Å². The topological polar surface area (TPSA) is 80.3 Å². The van der Waals surface area contributed by atoms with Crippen LogP contribution in [0.25, 0.3) is 5.65 Å². The molecule has 3 aromatic rings. The summed E-state index contributed by atoms with van der Waals surface area (Å²) >= 11 is 0. The largest absolute Gasteiger partial charge is 0.348 e. The summed E-state index contributed by atoms with van der Waals surface area (Å²) in [7, 11) is 0. The molecule has 0 unspecified atom stereocenters. The van der Waals surface area contributed by atoms with Gasteiger partial charge in [0.25, 0.3) is 5.91 Å². The Morgan fingerprint density at radius 1 is 1.24 bits per heavy atom. The summed E-state index contributed by atoms with van der Waals surface area (Å²) in [5.41, 5.74) is 1.47. The van der Waals surface area contributed by atoms with Gasteiger partial charge in [-0.05, 0) is 38.0 Å². The van der Waals surface area contributed by atoms with Crippen molar-refractivity contribution in [2.75, 3.05) is 18.0 Å². The van der Waals surface area contributed by atoms with Gasteiger partial charge in [-0.15, -0.1) is 10.2 Å². The van der Waals surface area contributed by atoms with E-state index in [2.05, 4.69) is 25.5 Å². The zero-order valence-corrected chi connectivity index (χ0v) is 14.2. The van der Waals surface area contributed by atoms with E-state index in [4.69, 9.17) is 0 Å². The van der Waals surface area contributed by atoms with Crippen LogP contribution >= 0.6 is 0 Å². The number of pyridine rings is 1. The van der Waals surface area contributed by atoms with Gasteiger partial charge in [0.15, 0.2) is 5.65 Å². The Balaban J connectivity index is 1.39. The van der Waals surface area contributed by atoms with Crippen LogP contribution in [0, 0.1) is 0 Å². The molecular weight excluding hydrogens is 318 g/mol. The van der Waals surface area contributed by atoms with Crippen LogP contribution in [-0.2, 0) is 6.54 Å². The van der Waals surface area contributed by atoms with Gasteiger partial charge in [-0.1, -0.05) is 6.07 Å². The van der Waals surface area contributed by atoms with Crippen molar-refractivity contribution in [2.45, 2.75) is 32.4 Å². The van der Waals surface area contributed by atoms with Crippen LogP contribution in [0.5, 0.6) is 0 Å². The third kappa shape index (κ3) is 2.95. The normalized spacial score (nSPS) is 15.6. The standard InChI is InChI=1S/C17H21N7O/c1-2-24-14(6-9-18-24)16(25)19-13-7-11-22(12-8-13)17-21-20-15-5-3-4-10-23(15)17/h3-6,9-10,13H,2,7-8,11-12H2,1H3,(H,19,25). The molecule has 0 atom stereocenters. The summed E-state index contributed by atoms with van der Waals surface area (Å²) in [6, 6.07) is 7.81. The molecule has 0 bridgehead atoms. The van der Waals surface area contributed by atoms with Crippen molar-refractivity contribution >= 4 is 17.5 Å². The summed E-state index contributed by atoms with van der Waals surface area (Å²) in [5, 5.41) is 15.8. The molecule has 1 amide bonds. The maximum Gasteiger partial charge on any atom is 0.269 e. The molecule has 8 nitrogen and oxygen atoms in total. The van der Waals surface area contributed by atoms with Crippen LogP contribution in [-0.4, -0.2) is 49.4 Å². The third-order valence-corrected chi connectivity index (χ3v) is 4.66. The molecule has 1 saturated heterocycles. The lowest BCUT2D eigenvalue weighted by Gasteiger charge is -2.32. The first-order valence-electron chi connectivity index (χ1n) is 8.63. The monoisotopic (exact) mass is 339 g/mol. The molecule has 4 heterocycles. The summed E-state index contributed by atoms with van der Waals surface area (Å²) in [4.78, 5) is 14.6. The molecule has 0 aromatic carbocycles. The summed E-state index contributed by atoms with van der Waals surface area (Å²) in [5.74, 6) is 0.815. The van der Waals surface area contributed by atoms with Crippen molar-refractivity contribution in [3.8, 4) is 0 Å². The first-order chi connectivity index (χ1) is 12.3. The Bertz CT molecular complexity index is 876. The second-order valence-corrected chi connectivity index (χ2v) is 6.20. The summed E-state index contributed by atoms with van der Waals surface area (Å²) in [6.45, 7) is 4.35. The molecule has 1 fully saturated rings. The Morgan fingerprint density at radius 3 is 2.88 bits per heavy atom. The Kier molecular flexibility index (Phi) is 4.09. The molecule has 1 aliphatic rings. The molecule has 4 rings (SSSR count). The number of piperidine rings is 1. The molecule has 8 heteroatoms. The van der Waals surface area contributed by atoms with E-state index in [1.165, 1.54) is 0 Å². The number of nitrogens with one attached hydrogen (secondary N) is 1. The SMILES string of the molecule is CCn1nccc1C(=O)NC1CCN(c2nnc3ccccn23)CC1. The van der Waals surface area contributed by atoms with Crippen molar-refractivity contribution < 1.29 is 4.79 Å². The van der Waals surface area contributed by atoms with Crippen molar-refractivity contribution in [1.82, 2.24) is 29.7 Å². The lowest BCUT2D eigenvalue weighted by Crippen LogP contribution is -2.45. The molecule has 1 aliphatic heterocycles. The maximum absolute atomic E-state index is 12.4. The van der Waals surface area contributed by atoms with E-state index in [-0.39, 0.29) is 11.9 Å². The van der Waals surface area contributed by atoms with Gasteiger partial charge in [0.1, 0.15) is 5.69 Å². The van der Waals surface area contributed by atoms with Gasteiger partial charge >= 0.3 is 0 Å². The Labute approximate surface area is 145 Å². The average Bonchev–Trinajstić information content (AvgIpc) is 3.29. The van der Waals surface area contributed by atoms with Crippen LogP contribution in [0.2, 0.25) is 0 Å². The minimum Gasteiger partial charge on any atom is -0.348 e. The molecule has 0 spiro atoms. The fourth-order valence-electron chi connectivity index (χ4n) is 3.31. The van der Waals surface area contributed by atoms with Gasteiger partial charge < -0.3 is 10.2 Å². The van der Waals surface area contributed by atoms with E-state index in [1.54, 1.807) is 16.9 Å². The third-order valence-electron chi connectivity index (χ3n) is 4.66. The highest BCUT2D eigenvalue weighted by Crippen LogP contribution is 2.19. The summed E-state index contributed by atoms with van der Waals surface area (Å²) in [6.07, 6.45) is 5.41. The lowest BCUT2D eigenvalue weighted by molar-refractivity contribution is 0.0920. The Morgan fingerprint density at radius 2 is 2.08 bits per heavy atom. The number of aromatic nitrogens is 5. The minimum atomic E-state index is -0.0503. The molecule has 1 N–H and O–H groups in total. The predicted molar refractivity (Wildman–Crippen MR) is 93.6 cm³/mol. The van der Waals surface area contributed by atoms with Gasteiger partial charge in [-0.2, -0.15) is 5.10 Å². The van der Waals surface area contributed by atoms with Crippen LogP contribution < -0.4 is 10.2 Å². The highest BCUT2D eigenvalue weighted by molar-refractivity contribution is 5.92. The van der Waals surface area contributed by atoms with Crippen LogP contribution in [0.3, 0.4) is 0 Å². The van der Waals surface area contributed by atoms with Gasteiger partial charge in [0.05, 0.1) is 0 Å². The molecule has 3 aromatic heterocycles. The van der Waals surface area contributed by atoms with Crippen LogP contribution in [0.15, 0.2) is 36.7 Å². The highest BCUT2D eigenvalue weighted by Gasteiger charge is 2.24. The zero-order chi connectivity index (χ0) is 17.2. The lowest BCUT2D eigenvalue weighted by atomic mass is 10.1. The zero-order valence-electron chi connectivity index (χ0n) is 14.2. The van der Waals surface area contributed by atoms with Crippen molar-refractivity contribution in [3.05, 3.63) is 42.4 Å². The highest BCUT2D eigenvalue weighted by atomic mass is 16.2. The number of hydrogen-bond acceptors (Lipinski definition) is 5. The van der Waals surface area contributed by atoms with E-state index < -0.39 is 0 Å². The molecule has 25 heavy (non-hydrogen) atoms. The quantitative estimate of drug-likeness (QED) is 0.776.